The molecule has 0 saturated carbocycles. The zero-order chi connectivity index (χ0) is 29.0. The molecule has 18 heteroatoms. The van der Waals surface area contributed by atoms with Crippen molar-refractivity contribution in [3.63, 3.8) is 0 Å². The van der Waals surface area contributed by atoms with Gasteiger partial charge in [0.15, 0.2) is 0 Å². The molecule has 1 heterocycles. The molecule has 18 nitrogen and oxygen atoms in total. The zero-order valence-corrected chi connectivity index (χ0v) is 21.5. The summed E-state index contributed by atoms with van der Waals surface area (Å²) in [6.07, 6.45) is 0. The number of carbonyl (C=O) groups excluding carboxylic acids is 3. The van der Waals surface area contributed by atoms with Crippen molar-refractivity contribution in [3.05, 3.63) is 31.5 Å². The van der Waals surface area contributed by atoms with E-state index in [2.05, 4.69) is 16.0 Å². The van der Waals surface area contributed by atoms with Crippen molar-refractivity contribution in [3.8, 4) is 0 Å². The monoisotopic (exact) mass is 564 g/mol. The Labute approximate surface area is 222 Å². The van der Waals surface area contributed by atoms with Crippen LogP contribution in [0.25, 0.3) is 0 Å². The van der Waals surface area contributed by atoms with E-state index in [0.717, 1.165) is 13.7 Å². The Balaban J connectivity index is 3.00. The molecule has 1 rings (SSSR count). The van der Waals surface area contributed by atoms with Gasteiger partial charge >= 0.3 is 17.1 Å². The van der Waals surface area contributed by atoms with E-state index in [-0.39, 0.29) is 98.7 Å². The molecule has 0 aliphatic heterocycles. The summed E-state index contributed by atoms with van der Waals surface area (Å²) in [6.45, 7) is -3.35. The van der Waals surface area contributed by atoms with E-state index in [9.17, 15) is 28.8 Å². The second-order valence-electron chi connectivity index (χ2n) is 7.68. The van der Waals surface area contributed by atoms with Gasteiger partial charge in [-0.2, -0.15) is 0 Å². The van der Waals surface area contributed by atoms with Crippen LogP contribution in [0.3, 0.4) is 0 Å². The normalized spacial score (nSPS) is 10.8. The van der Waals surface area contributed by atoms with Gasteiger partial charge in [-0.3, -0.25) is 14.4 Å². The summed E-state index contributed by atoms with van der Waals surface area (Å²) >= 11 is 0. The highest BCUT2D eigenvalue weighted by molar-refractivity contribution is 5.77. The first-order valence-electron chi connectivity index (χ1n) is 12.1. The van der Waals surface area contributed by atoms with Gasteiger partial charge in [0.25, 0.3) is 0 Å². The molecular weight excluding hydrogens is 528 g/mol. The molecular formula is C21H36N6O12. The van der Waals surface area contributed by atoms with Crippen molar-refractivity contribution >= 4 is 17.7 Å². The Morgan fingerprint density at radius 3 is 1.03 bits per heavy atom. The van der Waals surface area contributed by atoms with Crippen LogP contribution in [0.15, 0.2) is 14.4 Å². The molecule has 0 radical (unpaired) electrons. The van der Waals surface area contributed by atoms with E-state index in [0.29, 0.717) is 0 Å². The van der Waals surface area contributed by atoms with Crippen LogP contribution in [0, 0.1) is 0 Å². The molecule has 1 aromatic rings. The minimum atomic E-state index is -0.973. The maximum atomic E-state index is 12.9. The number of nitrogens with zero attached hydrogens (tertiary/aromatic N) is 3. The Hall–Kier alpha value is -3.42. The number of hydrogen-bond donors (Lipinski definition) is 6. The lowest BCUT2D eigenvalue weighted by Crippen LogP contribution is -2.56. The molecule has 0 aromatic carbocycles. The fourth-order valence-corrected chi connectivity index (χ4v) is 3.02. The first kappa shape index (κ1) is 33.6. The SMILES string of the molecule is O=C(COCCO)NCCn1c(=O)n(CCNC(=O)COCCO)c(=O)n(CCNC(=O)COCCO)c1=O. The molecule has 0 bridgehead atoms. The Kier molecular flexibility index (Phi) is 16.9. The summed E-state index contributed by atoms with van der Waals surface area (Å²) < 4.78 is 16.8. The Morgan fingerprint density at radius 1 is 0.538 bits per heavy atom. The van der Waals surface area contributed by atoms with Gasteiger partial charge in [-0.25, -0.2) is 28.1 Å². The van der Waals surface area contributed by atoms with E-state index in [4.69, 9.17) is 29.5 Å². The molecule has 1 aromatic heterocycles. The molecule has 0 saturated heterocycles. The molecule has 0 spiro atoms. The van der Waals surface area contributed by atoms with Gasteiger partial charge in [0.05, 0.1) is 39.6 Å². The molecule has 0 atom stereocenters. The predicted octanol–water partition coefficient (Wildman–Crippen LogP) is -6.45. The third kappa shape index (κ3) is 12.8. The number of hydrogen-bond acceptors (Lipinski definition) is 12. The minimum absolute atomic E-state index is 0.0449. The summed E-state index contributed by atoms with van der Waals surface area (Å²) in [7, 11) is 0. The summed E-state index contributed by atoms with van der Waals surface area (Å²) in [6, 6.07) is 0. The number of nitrogens with one attached hydrogen (secondary N) is 3. The first-order chi connectivity index (χ1) is 18.8. The average Bonchev–Trinajstić information content (AvgIpc) is 2.90. The maximum Gasteiger partial charge on any atom is 0.336 e. The number of amides is 3. The van der Waals surface area contributed by atoms with E-state index >= 15 is 0 Å². The summed E-state index contributed by atoms with van der Waals surface area (Å²) in [5.74, 6) is -1.66. The van der Waals surface area contributed by atoms with Crippen LogP contribution >= 0.6 is 0 Å². The second-order valence-corrected chi connectivity index (χ2v) is 7.68. The first-order valence-corrected chi connectivity index (χ1v) is 12.1. The number of ether oxygens (including phenoxy) is 3. The van der Waals surface area contributed by atoms with Gasteiger partial charge in [0, 0.05) is 39.3 Å². The van der Waals surface area contributed by atoms with Gasteiger partial charge in [-0.15, -0.1) is 0 Å². The average molecular weight is 565 g/mol. The van der Waals surface area contributed by atoms with E-state index in [1.54, 1.807) is 0 Å². The Bertz CT molecular complexity index is 919. The standard InChI is InChI=1S/C21H36N6O12/c28-7-10-37-13-16(31)22-1-4-25-19(34)26(5-2-23-17(32)14-38-11-8-29)21(36)27(20(25)35)6-3-24-18(33)15-39-12-9-30/h28-30H,1-15H2,(H,22,31)(H,23,32)(H,24,33). The smallest absolute Gasteiger partial charge is 0.336 e. The van der Waals surface area contributed by atoms with Gasteiger partial charge in [-0.05, 0) is 0 Å². The maximum absolute atomic E-state index is 12.9. The lowest BCUT2D eigenvalue weighted by molar-refractivity contribution is -0.126. The number of aliphatic hydroxyl groups is 3. The Morgan fingerprint density at radius 2 is 0.795 bits per heavy atom. The number of carbonyl (C=O) groups is 3. The van der Waals surface area contributed by atoms with Crippen molar-refractivity contribution in [2.45, 2.75) is 19.6 Å². The van der Waals surface area contributed by atoms with Crippen LogP contribution in [0.5, 0.6) is 0 Å². The summed E-state index contributed by atoms with van der Waals surface area (Å²) in [4.78, 5) is 74.2. The lowest BCUT2D eigenvalue weighted by Gasteiger charge is -2.15. The summed E-state index contributed by atoms with van der Waals surface area (Å²) in [5, 5.41) is 33.4. The van der Waals surface area contributed by atoms with Crippen LogP contribution in [0.2, 0.25) is 0 Å². The van der Waals surface area contributed by atoms with Crippen LogP contribution in [-0.4, -0.2) is 126 Å². The van der Waals surface area contributed by atoms with Gasteiger partial charge in [-0.1, -0.05) is 0 Å². The number of rotatable bonds is 21. The minimum Gasteiger partial charge on any atom is -0.394 e. The van der Waals surface area contributed by atoms with E-state index in [1.165, 1.54) is 0 Å². The predicted molar refractivity (Wildman–Crippen MR) is 132 cm³/mol. The van der Waals surface area contributed by atoms with Gasteiger partial charge < -0.3 is 45.5 Å². The van der Waals surface area contributed by atoms with E-state index in [1.807, 2.05) is 0 Å². The fourth-order valence-electron chi connectivity index (χ4n) is 3.02. The van der Waals surface area contributed by atoms with Crippen molar-refractivity contribution in [1.29, 1.82) is 0 Å². The van der Waals surface area contributed by atoms with Crippen LogP contribution in [-0.2, 0) is 48.2 Å². The third-order valence-corrected chi connectivity index (χ3v) is 4.76. The highest BCUT2D eigenvalue weighted by Crippen LogP contribution is 1.82. The number of aromatic nitrogens is 3. The van der Waals surface area contributed by atoms with Gasteiger partial charge in [0.2, 0.25) is 17.7 Å². The molecule has 0 aliphatic rings. The van der Waals surface area contributed by atoms with Crippen LogP contribution < -0.4 is 33.0 Å². The highest BCUT2D eigenvalue weighted by Gasteiger charge is 2.16. The zero-order valence-electron chi connectivity index (χ0n) is 21.5. The quantitative estimate of drug-likeness (QED) is 0.0764. The molecule has 39 heavy (non-hydrogen) atoms. The number of aliphatic hydroxyl groups excluding tert-OH is 3. The second kappa shape index (κ2) is 19.6. The lowest BCUT2D eigenvalue weighted by atomic mass is 10.5. The molecule has 3 amide bonds. The molecule has 0 fully saturated rings. The topological polar surface area (TPSA) is 242 Å². The van der Waals surface area contributed by atoms with E-state index < -0.39 is 34.8 Å². The van der Waals surface area contributed by atoms with Crippen molar-refractivity contribution in [2.75, 3.05) is 79.1 Å². The molecule has 0 aliphatic carbocycles. The molecule has 0 unspecified atom stereocenters. The molecule has 222 valence electrons. The fraction of sp³-hybridized carbons (Fsp3) is 0.714. The van der Waals surface area contributed by atoms with Crippen molar-refractivity contribution < 1.29 is 43.9 Å². The van der Waals surface area contributed by atoms with Crippen LogP contribution in [0.1, 0.15) is 0 Å². The summed E-state index contributed by atoms with van der Waals surface area (Å²) in [5.41, 5.74) is -2.92. The van der Waals surface area contributed by atoms with Crippen molar-refractivity contribution in [2.24, 2.45) is 0 Å². The highest BCUT2D eigenvalue weighted by atomic mass is 16.5. The van der Waals surface area contributed by atoms with Crippen LogP contribution in [0.4, 0.5) is 0 Å². The van der Waals surface area contributed by atoms with Crippen molar-refractivity contribution in [1.82, 2.24) is 29.7 Å². The van der Waals surface area contributed by atoms with Gasteiger partial charge in [0.1, 0.15) is 19.8 Å². The largest absolute Gasteiger partial charge is 0.394 e. The molecule has 6 N–H and O–H groups in total. The third-order valence-electron chi connectivity index (χ3n) is 4.76.